The fourth-order valence-electron chi connectivity index (χ4n) is 1.24. The minimum absolute atomic E-state index is 0.649. The van der Waals surface area contributed by atoms with E-state index in [2.05, 4.69) is 23.7 Å². The van der Waals surface area contributed by atoms with Crippen molar-refractivity contribution in [3.8, 4) is 0 Å². The topological polar surface area (TPSA) is 38.1 Å². The average Bonchev–Trinajstić information content (AvgIpc) is 2.48. The molecule has 1 atom stereocenters. The zero-order chi connectivity index (χ0) is 10.6. The van der Waals surface area contributed by atoms with E-state index in [0.29, 0.717) is 5.25 Å². The van der Waals surface area contributed by atoms with Crippen molar-refractivity contribution in [1.29, 1.82) is 0 Å². The Morgan fingerprint density at radius 3 is 2.71 bits per heavy atom. The highest BCUT2D eigenvalue weighted by atomic mass is 32.2. The zero-order valence-corrected chi connectivity index (χ0v) is 10.1. The van der Waals surface area contributed by atoms with Gasteiger partial charge in [-0.25, -0.2) is 0 Å². The molecule has 1 rings (SSSR count). The third kappa shape index (κ3) is 3.03. The number of hydrogen-bond donors (Lipinski definition) is 1. The molecular weight excluding hydrogens is 196 g/mol. The SMILES string of the molecule is CSC(C)CNCc1c(C)noc1C. The highest BCUT2D eigenvalue weighted by Gasteiger charge is 2.08. The van der Waals surface area contributed by atoms with E-state index in [1.165, 1.54) is 5.56 Å². The summed E-state index contributed by atoms with van der Waals surface area (Å²) in [7, 11) is 0. The fraction of sp³-hybridized carbons (Fsp3) is 0.700. The van der Waals surface area contributed by atoms with Crippen molar-refractivity contribution in [3.63, 3.8) is 0 Å². The third-order valence-corrected chi connectivity index (χ3v) is 3.29. The van der Waals surface area contributed by atoms with Crippen LogP contribution in [0.15, 0.2) is 4.52 Å². The van der Waals surface area contributed by atoms with Crippen LogP contribution in [0.25, 0.3) is 0 Å². The van der Waals surface area contributed by atoms with Crippen LogP contribution in [-0.4, -0.2) is 23.2 Å². The summed E-state index contributed by atoms with van der Waals surface area (Å²) in [6.07, 6.45) is 2.13. The Hall–Kier alpha value is -0.480. The standard InChI is InChI=1S/C10H18N2OS/c1-7(14-4)5-11-6-10-8(2)12-13-9(10)3/h7,11H,5-6H2,1-4H3. The van der Waals surface area contributed by atoms with E-state index < -0.39 is 0 Å². The first-order valence-corrected chi connectivity index (χ1v) is 6.09. The summed E-state index contributed by atoms with van der Waals surface area (Å²) in [5.74, 6) is 0.923. The van der Waals surface area contributed by atoms with Crippen LogP contribution in [0, 0.1) is 13.8 Å². The number of thioether (sulfide) groups is 1. The van der Waals surface area contributed by atoms with Gasteiger partial charge < -0.3 is 9.84 Å². The van der Waals surface area contributed by atoms with Crippen LogP contribution in [0.5, 0.6) is 0 Å². The fourth-order valence-corrected chi connectivity index (χ4v) is 1.52. The van der Waals surface area contributed by atoms with Gasteiger partial charge in [-0.05, 0) is 20.1 Å². The van der Waals surface area contributed by atoms with Gasteiger partial charge in [-0.1, -0.05) is 12.1 Å². The number of nitrogens with zero attached hydrogens (tertiary/aromatic N) is 1. The summed E-state index contributed by atoms with van der Waals surface area (Å²) in [5.41, 5.74) is 2.19. The second kappa shape index (κ2) is 5.41. The summed E-state index contributed by atoms with van der Waals surface area (Å²) in [6, 6.07) is 0. The number of rotatable bonds is 5. The second-order valence-electron chi connectivity index (χ2n) is 3.48. The Labute approximate surface area is 89.6 Å². The maximum absolute atomic E-state index is 5.08. The van der Waals surface area contributed by atoms with Crippen LogP contribution in [0.4, 0.5) is 0 Å². The van der Waals surface area contributed by atoms with Gasteiger partial charge in [0.25, 0.3) is 0 Å². The quantitative estimate of drug-likeness (QED) is 0.815. The maximum Gasteiger partial charge on any atom is 0.138 e. The van der Waals surface area contributed by atoms with E-state index in [1.807, 2.05) is 25.6 Å². The Morgan fingerprint density at radius 2 is 2.21 bits per heavy atom. The first-order valence-electron chi connectivity index (χ1n) is 4.80. The first-order chi connectivity index (χ1) is 6.65. The van der Waals surface area contributed by atoms with Crippen molar-refractivity contribution >= 4 is 11.8 Å². The number of aryl methyl sites for hydroxylation is 2. The highest BCUT2D eigenvalue weighted by molar-refractivity contribution is 7.99. The first kappa shape index (κ1) is 11.6. The van der Waals surface area contributed by atoms with Gasteiger partial charge in [0.2, 0.25) is 0 Å². The minimum atomic E-state index is 0.649. The monoisotopic (exact) mass is 214 g/mol. The van der Waals surface area contributed by atoms with Crippen molar-refractivity contribution < 1.29 is 4.52 Å². The van der Waals surface area contributed by atoms with E-state index in [-0.39, 0.29) is 0 Å². The molecule has 0 amide bonds. The molecule has 0 fully saturated rings. The van der Waals surface area contributed by atoms with E-state index in [9.17, 15) is 0 Å². The Morgan fingerprint density at radius 1 is 1.50 bits per heavy atom. The molecule has 4 heteroatoms. The predicted octanol–water partition coefficient (Wildman–Crippen LogP) is 2.13. The molecule has 0 saturated heterocycles. The average molecular weight is 214 g/mol. The zero-order valence-electron chi connectivity index (χ0n) is 9.26. The van der Waals surface area contributed by atoms with E-state index >= 15 is 0 Å². The van der Waals surface area contributed by atoms with Gasteiger partial charge in [0, 0.05) is 23.9 Å². The van der Waals surface area contributed by atoms with Crippen LogP contribution >= 0.6 is 11.8 Å². The Kier molecular flexibility index (Phi) is 4.48. The van der Waals surface area contributed by atoms with Gasteiger partial charge in [-0.3, -0.25) is 0 Å². The van der Waals surface area contributed by atoms with Gasteiger partial charge in [-0.15, -0.1) is 0 Å². The Bertz CT molecular complexity index is 266. The molecule has 0 aliphatic carbocycles. The maximum atomic E-state index is 5.08. The molecule has 14 heavy (non-hydrogen) atoms. The van der Waals surface area contributed by atoms with Crippen molar-refractivity contribution in [3.05, 3.63) is 17.0 Å². The summed E-state index contributed by atoms with van der Waals surface area (Å²) in [5, 5.41) is 7.96. The van der Waals surface area contributed by atoms with Crippen LogP contribution in [0.1, 0.15) is 23.9 Å². The van der Waals surface area contributed by atoms with E-state index in [4.69, 9.17) is 4.52 Å². The molecule has 3 nitrogen and oxygen atoms in total. The number of nitrogens with one attached hydrogen (secondary N) is 1. The summed E-state index contributed by atoms with van der Waals surface area (Å²) < 4.78 is 5.08. The molecule has 0 radical (unpaired) electrons. The molecule has 1 unspecified atom stereocenters. The predicted molar refractivity (Wildman–Crippen MR) is 60.7 cm³/mol. The van der Waals surface area contributed by atoms with Crippen molar-refractivity contribution in [2.24, 2.45) is 0 Å². The lowest BCUT2D eigenvalue weighted by Crippen LogP contribution is -2.22. The smallest absolute Gasteiger partial charge is 0.138 e. The molecular formula is C10H18N2OS. The summed E-state index contributed by atoms with van der Waals surface area (Å²) in [6.45, 7) is 8.02. The Balaban J connectivity index is 2.38. The molecule has 0 spiro atoms. The van der Waals surface area contributed by atoms with Crippen LogP contribution < -0.4 is 5.32 Å². The molecule has 1 aromatic rings. The van der Waals surface area contributed by atoms with Crippen molar-refractivity contribution in [2.75, 3.05) is 12.8 Å². The van der Waals surface area contributed by atoms with Gasteiger partial charge in [0.15, 0.2) is 0 Å². The molecule has 0 bridgehead atoms. The lowest BCUT2D eigenvalue weighted by atomic mass is 10.2. The van der Waals surface area contributed by atoms with E-state index in [0.717, 1.165) is 24.5 Å². The van der Waals surface area contributed by atoms with E-state index in [1.54, 1.807) is 0 Å². The number of hydrogen-bond acceptors (Lipinski definition) is 4. The molecule has 80 valence electrons. The largest absolute Gasteiger partial charge is 0.361 e. The van der Waals surface area contributed by atoms with Crippen LogP contribution in [-0.2, 0) is 6.54 Å². The lowest BCUT2D eigenvalue weighted by Gasteiger charge is -2.09. The lowest BCUT2D eigenvalue weighted by molar-refractivity contribution is 0.392. The minimum Gasteiger partial charge on any atom is -0.361 e. The third-order valence-electron chi connectivity index (χ3n) is 2.32. The van der Waals surface area contributed by atoms with Gasteiger partial charge in [0.05, 0.1) is 5.69 Å². The summed E-state index contributed by atoms with van der Waals surface area (Å²) >= 11 is 1.87. The normalized spacial score (nSPS) is 13.1. The van der Waals surface area contributed by atoms with Gasteiger partial charge in [-0.2, -0.15) is 11.8 Å². The molecule has 0 aliphatic heterocycles. The molecule has 1 heterocycles. The highest BCUT2D eigenvalue weighted by Crippen LogP contribution is 2.11. The molecule has 0 saturated carbocycles. The molecule has 0 aliphatic rings. The van der Waals surface area contributed by atoms with Crippen LogP contribution in [0.2, 0.25) is 0 Å². The molecule has 1 N–H and O–H groups in total. The molecule has 0 aromatic carbocycles. The second-order valence-corrected chi connectivity index (χ2v) is 4.76. The van der Waals surface area contributed by atoms with Crippen LogP contribution in [0.3, 0.4) is 0 Å². The van der Waals surface area contributed by atoms with Gasteiger partial charge >= 0.3 is 0 Å². The molecule has 1 aromatic heterocycles. The van der Waals surface area contributed by atoms with Crippen molar-refractivity contribution in [2.45, 2.75) is 32.6 Å². The van der Waals surface area contributed by atoms with Crippen molar-refractivity contribution in [1.82, 2.24) is 10.5 Å². The number of aromatic nitrogens is 1. The van der Waals surface area contributed by atoms with Gasteiger partial charge in [0.1, 0.15) is 5.76 Å². The summed E-state index contributed by atoms with van der Waals surface area (Å²) in [4.78, 5) is 0.